The van der Waals surface area contributed by atoms with Crippen LogP contribution in [0.5, 0.6) is 23.0 Å². The van der Waals surface area contributed by atoms with Crippen molar-refractivity contribution in [2.75, 3.05) is 66.3 Å². The van der Waals surface area contributed by atoms with Crippen LogP contribution in [-0.4, -0.2) is 92.9 Å². The van der Waals surface area contributed by atoms with Crippen LogP contribution in [0, 0.1) is 5.92 Å². The molecule has 2 saturated heterocycles. The number of aliphatic hydroxyl groups excluding tert-OH is 1. The van der Waals surface area contributed by atoms with Gasteiger partial charge in [0.05, 0.1) is 38.5 Å². The van der Waals surface area contributed by atoms with E-state index >= 15 is 0 Å². The summed E-state index contributed by atoms with van der Waals surface area (Å²) in [5, 5.41) is 11.5. The Morgan fingerprint density at radius 1 is 0.976 bits per heavy atom. The lowest BCUT2D eigenvalue weighted by Gasteiger charge is -2.31. The third kappa shape index (κ3) is 6.28. The Labute approximate surface area is 240 Å². The maximum atomic E-state index is 13.5. The molecule has 220 valence electrons. The molecule has 0 aromatic heterocycles. The summed E-state index contributed by atoms with van der Waals surface area (Å²) in [6.07, 6.45) is 0.891. The third-order valence-corrected chi connectivity index (χ3v) is 7.57. The number of Topliss-reactive ketones (excluding diaryl/α,β-unsaturated/α-hetero) is 1. The number of rotatable bonds is 10. The van der Waals surface area contributed by atoms with E-state index in [4.69, 9.17) is 23.7 Å². The lowest BCUT2D eigenvalue weighted by atomic mass is 9.94. The van der Waals surface area contributed by atoms with Crippen LogP contribution < -0.4 is 18.9 Å². The first-order valence-corrected chi connectivity index (χ1v) is 14.2. The molecule has 0 radical (unpaired) electrons. The third-order valence-electron chi connectivity index (χ3n) is 7.57. The second-order valence-electron chi connectivity index (χ2n) is 10.7. The average Bonchev–Trinajstić information content (AvgIpc) is 3.24. The van der Waals surface area contributed by atoms with Crippen LogP contribution in [0.4, 0.5) is 0 Å². The van der Waals surface area contributed by atoms with E-state index in [1.165, 1.54) is 4.90 Å². The fraction of sp³-hybridized carbons (Fsp3) is 0.484. The van der Waals surface area contributed by atoms with Crippen LogP contribution in [0.15, 0.2) is 42.0 Å². The molecule has 10 nitrogen and oxygen atoms in total. The number of aliphatic hydroxyl groups is 1. The van der Waals surface area contributed by atoms with Crippen LogP contribution in [0.3, 0.4) is 0 Å². The molecule has 1 amide bonds. The van der Waals surface area contributed by atoms with E-state index < -0.39 is 17.7 Å². The number of morpholine rings is 1. The van der Waals surface area contributed by atoms with E-state index in [2.05, 4.69) is 18.7 Å². The summed E-state index contributed by atoms with van der Waals surface area (Å²) in [6.45, 7) is 9.26. The summed E-state index contributed by atoms with van der Waals surface area (Å²) in [5.74, 6) is 0.941. The van der Waals surface area contributed by atoms with Crippen molar-refractivity contribution in [3.8, 4) is 23.0 Å². The number of ketones is 1. The van der Waals surface area contributed by atoms with Crippen molar-refractivity contribution in [2.45, 2.75) is 26.3 Å². The molecule has 41 heavy (non-hydrogen) atoms. The predicted octanol–water partition coefficient (Wildman–Crippen LogP) is 3.65. The number of carbonyl (C=O) groups excluding carboxylic acids is 2. The highest BCUT2D eigenvalue weighted by Crippen LogP contribution is 2.43. The first kappa shape index (κ1) is 28.8. The van der Waals surface area contributed by atoms with Gasteiger partial charge >= 0.3 is 0 Å². The van der Waals surface area contributed by atoms with Gasteiger partial charge in [-0.3, -0.25) is 14.5 Å². The zero-order valence-corrected chi connectivity index (χ0v) is 23.9. The van der Waals surface area contributed by atoms with Crippen molar-refractivity contribution < 1.29 is 38.4 Å². The molecule has 2 aromatic carbocycles. The first-order chi connectivity index (χ1) is 19.9. The molecule has 0 saturated carbocycles. The van der Waals surface area contributed by atoms with E-state index in [9.17, 15) is 14.7 Å². The molecule has 3 heterocycles. The second-order valence-corrected chi connectivity index (χ2v) is 10.7. The molecule has 2 fully saturated rings. The lowest BCUT2D eigenvalue weighted by molar-refractivity contribution is -0.140. The minimum absolute atomic E-state index is 0.0178. The number of hydrogen-bond donors (Lipinski definition) is 1. The van der Waals surface area contributed by atoms with E-state index in [0.717, 1.165) is 19.5 Å². The van der Waals surface area contributed by atoms with Crippen LogP contribution >= 0.6 is 0 Å². The van der Waals surface area contributed by atoms with Gasteiger partial charge in [-0.2, -0.15) is 0 Å². The number of nitrogens with zero attached hydrogens (tertiary/aromatic N) is 2. The molecule has 10 heteroatoms. The highest BCUT2D eigenvalue weighted by atomic mass is 16.6. The molecular weight excluding hydrogens is 528 g/mol. The Balaban J connectivity index is 1.52. The molecule has 1 atom stereocenters. The van der Waals surface area contributed by atoms with E-state index in [1.54, 1.807) is 37.4 Å². The summed E-state index contributed by atoms with van der Waals surface area (Å²) in [7, 11) is 1.55. The lowest BCUT2D eigenvalue weighted by Crippen LogP contribution is -2.42. The Bertz CT molecular complexity index is 1300. The number of fused-ring (bicyclic) bond motifs is 1. The Hall–Kier alpha value is -3.76. The van der Waals surface area contributed by atoms with Gasteiger partial charge in [-0.25, -0.2) is 0 Å². The molecule has 5 rings (SSSR count). The largest absolute Gasteiger partial charge is 0.507 e. The predicted molar refractivity (Wildman–Crippen MR) is 152 cm³/mol. The van der Waals surface area contributed by atoms with Gasteiger partial charge in [0.15, 0.2) is 23.0 Å². The molecule has 2 aromatic rings. The normalized spacial score (nSPS) is 20.5. The molecule has 3 aliphatic heterocycles. The van der Waals surface area contributed by atoms with Gasteiger partial charge in [-0.05, 0) is 48.2 Å². The van der Waals surface area contributed by atoms with Crippen molar-refractivity contribution in [1.82, 2.24) is 9.80 Å². The standard InChI is InChI=1S/C31H38N2O8/c1-20(2)8-13-39-23-6-4-21(18-25(23)37-3)28-27(29(34)22-5-7-24-26(19-22)41-17-16-40-24)30(35)31(36)33(28)10-9-32-11-14-38-15-12-32/h4-7,18-20,28,34H,8-17H2,1-3H3/b29-27+. The summed E-state index contributed by atoms with van der Waals surface area (Å²) in [5.41, 5.74) is 1.02. The topological polar surface area (TPSA) is 107 Å². The number of methoxy groups -OCH3 is 1. The SMILES string of the molecule is COc1cc(C2/C(=C(\O)c3ccc4c(c3)OCCO4)C(=O)C(=O)N2CCN2CCOCC2)ccc1OCCC(C)C. The number of likely N-dealkylation sites (tertiary alicyclic amines) is 1. The fourth-order valence-corrected chi connectivity index (χ4v) is 5.26. The maximum absolute atomic E-state index is 13.5. The van der Waals surface area contributed by atoms with Gasteiger partial charge in [-0.15, -0.1) is 0 Å². The zero-order chi connectivity index (χ0) is 28.9. The van der Waals surface area contributed by atoms with Crippen molar-refractivity contribution in [3.63, 3.8) is 0 Å². The maximum Gasteiger partial charge on any atom is 0.295 e. The molecule has 0 aliphatic carbocycles. The van der Waals surface area contributed by atoms with Gasteiger partial charge in [-0.1, -0.05) is 19.9 Å². The van der Waals surface area contributed by atoms with Crippen LogP contribution in [0.25, 0.3) is 5.76 Å². The van der Waals surface area contributed by atoms with Crippen molar-refractivity contribution >= 4 is 17.4 Å². The van der Waals surface area contributed by atoms with Crippen molar-refractivity contribution in [2.24, 2.45) is 5.92 Å². The van der Waals surface area contributed by atoms with Gasteiger partial charge < -0.3 is 33.7 Å². The minimum Gasteiger partial charge on any atom is -0.507 e. The number of carbonyl (C=O) groups is 2. The highest BCUT2D eigenvalue weighted by molar-refractivity contribution is 6.46. The Morgan fingerprint density at radius 3 is 2.46 bits per heavy atom. The molecule has 0 bridgehead atoms. The summed E-state index contributed by atoms with van der Waals surface area (Å²) in [6, 6.07) is 9.56. The second kappa shape index (κ2) is 12.8. The summed E-state index contributed by atoms with van der Waals surface area (Å²) in [4.78, 5) is 30.7. The van der Waals surface area contributed by atoms with Crippen molar-refractivity contribution in [3.05, 3.63) is 53.1 Å². The fourth-order valence-electron chi connectivity index (χ4n) is 5.26. The number of hydrogen-bond acceptors (Lipinski definition) is 9. The molecule has 1 unspecified atom stereocenters. The van der Waals surface area contributed by atoms with E-state index in [1.807, 2.05) is 6.07 Å². The zero-order valence-electron chi connectivity index (χ0n) is 23.9. The monoisotopic (exact) mass is 566 g/mol. The summed E-state index contributed by atoms with van der Waals surface area (Å²) < 4.78 is 28.4. The smallest absolute Gasteiger partial charge is 0.295 e. The molecular formula is C31H38N2O8. The van der Waals surface area contributed by atoms with E-state index in [-0.39, 0.29) is 11.3 Å². The van der Waals surface area contributed by atoms with Gasteiger partial charge in [0, 0.05) is 31.7 Å². The minimum atomic E-state index is -0.817. The number of ether oxygens (including phenoxy) is 5. The van der Waals surface area contributed by atoms with Crippen LogP contribution in [0.2, 0.25) is 0 Å². The van der Waals surface area contributed by atoms with Gasteiger partial charge in [0.2, 0.25) is 0 Å². The van der Waals surface area contributed by atoms with Crippen molar-refractivity contribution in [1.29, 1.82) is 0 Å². The van der Waals surface area contributed by atoms with E-state index in [0.29, 0.717) is 86.2 Å². The average molecular weight is 567 g/mol. The number of amides is 1. The first-order valence-electron chi connectivity index (χ1n) is 14.2. The number of benzene rings is 2. The summed E-state index contributed by atoms with van der Waals surface area (Å²) >= 11 is 0. The van der Waals surface area contributed by atoms with Crippen LogP contribution in [-0.2, 0) is 14.3 Å². The molecule has 0 spiro atoms. The molecule has 3 aliphatic rings. The van der Waals surface area contributed by atoms with Crippen LogP contribution in [0.1, 0.15) is 37.4 Å². The Morgan fingerprint density at radius 2 is 1.73 bits per heavy atom. The van der Waals surface area contributed by atoms with Gasteiger partial charge in [0.25, 0.3) is 11.7 Å². The quantitative estimate of drug-likeness (QED) is 0.262. The highest BCUT2D eigenvalue weighted by Gasteiger charge is 2.46. The molecule has 1 N–H and O–H groups in total. The Kier molecular flexibility index (Phi) is 8.99. The van der Waals surface area contributed by atoms with Gasteiger partial charge in [0.1, 0.15) is 19.0 Å².